The Balaban J connectivity index is 2.39. The zero-order valence-corrected chi connectivity index (χ0v) is 14.8. The largest absolute Gasteiger partial charge is 0.456 e. The normalized spacial score (nSPS) is 12.3. The summed E-state index contributed by atoms with van der Waals surface area (Å²) in [5.74, 6) is 1.33. The summed E-state index contributed by atoms with van der Waals surface area (Å²) >= 11 is 10.3. The van der Waals surface area contributed by atoms with Crippen molar-refractivity contribution in [3.8, 4) is 11.5 Å². The van der Waals surface area contributed by atoms with Gasteiger partial charge in [-0.25, -0.2) is 0 Å². The number of ether oxygens (including phenoxy) is 1. The van der Waals surface area contributed by atoms with Gasteiger partial charge in [-0.1, -0.05) is 37.9 Å². The van der Waals surface area contributed by atoms with Gasteiger partial charge in [0.15, 0.2) is 0 Å². The van der Waals surface area contributed by atoms with Gasteiger partial charge in [0.05, 0.1) is 10.6 Å². The van der Waals surface area contributed by atoms with Crippen LogP contribution in [0.2, 0.25) is 0 Å². The Morgan fingerprint density at radius 3 is 2.21 bits per heavy atom. The van der Waals surface area contributed by atoms with E-state index < -0.39 is 6.10 Å². The Morgan fingerprint density at radius 1 is 0.947 bits per heavy atom. The molecule has 5 heteroatoms. The number of hydrogen-bond donors (Lipinski definition) is 1. The zero-order valence-electron chi connectivity index (χ0n) is 10.0. The van der Waals surface area contributed by atoms with Crippen LogP contribution in [0.5, 0.6) is 11.5 Å². The molecular weight excluding hydrogens is 440 g/mol. The average Bonchev–Trinajstić information content (AvgIpc) is 2.32. The van der Waals surface area contributed by atoms with E-state index >= 15 is 0 Å². The van der Waals surface area contributed by atoms with Crippen molar-refractivity contribution in [2.45, 2.75) is 13.0 Å². The number of benzene rings is 2. The van der Waals surface area contributed by atoms with Gasteiger partial charge in [0.1, 0.15) is 11.5 Å². The van der Waals surface area contributed by atoms with E-state index in [-0.39, 0.29) is 0 Å². The first-order chi connectivity index (χ1) is 8.97. The van der Waals surface area contributed by atoms with Crippen molar-refractivity contribution < 1.29 is 9.84 Å². The average molecular weight is 451 g/mol. The SMILES string of the molecule is CC(O)c1ccc(Br)cc1Oc1ccc(Br)cc1Br. The summed E-state index contributed by atoms with van der Waals surface area (Å²) in [7, 11) is 0. The molecule has 0 saturated heterocycles. The van der Waals surface area contributed by atoms with Crippen LogP contribution in [0.15, 0.2) is 49.8 Å². The van der Waals surface area contributed by atoms with E-state index in [1.807, 2.05) is 36.4 Å². The van der Waals surface area contributed by atoms with Gasteiger partial charge < -0.3 is 9.84 Å². The minimum Gasteiger partial charge on any atom is -0.456 e. The van der Waals surface area contributed by atoms with Crippen LogP contribution in [-0.2, 0) is 0 Å². The lowest BCUT2D eigenvalue weighted by molar-refractivity contribution is 0.195. The summed E-state index contributed by atoms with van der Waals surface area (Å²) < 4.78 is 8.60. The summed E-state index contributed by atoms with van der Waals surface area (Å²) in [6, 6.07) is 11.2. The molecule has 2 rings (SSSR count). The molecule has 0 aliphatic heterocycles. The monoisotopic (exact) mass is 448 g/mol. The first kappa shape index (κ1) is 15.0. The highest BCUT2D eigenvalue weighted by Gasteiger charge is 2.12. The molecule has 19 heavy (non-hydrogen) atoms. The fourth-order valence-corrected chi connectivity index (χ4v) is 3.09. The van der Waals surface area contributed by atoms with Crippen LogP contribution in [0.4, 0.5) is 0 Å². The number of aliphatic hydroxyl groups excluding tert-OH is 1. The molecule has 100 valence electrons. The van der Waals surface area contributed by atoms with Crippen LogP contribution in [0, 0.1) is 0 Å². The van der Waals surface area contributed by atoms with Crippen molar-refractivity contribution in [2.75, 3.05) is 0 Å². The molecule has 0 aromatic heterocycles. The van der Waals surface area contributed by atoms with Gasteiger partial charge in [-0.15, -0.1) is 0 Å². The van der Waals surface area contributed by atoms with Crippen LogP contribution in [0.25, 0.3) is 0 Å². The molecule has 0 amide bonds. The molecule has 0 aliphatic carbocycles. The third-order valence-corrected chi connectivity index (χ3v) is 4.15. The van der Waals surface area contributed by atoms with Gasteiger partial charge in [0.2, 0.25) is 0 Å². The third-order valence-electron chi connectivity index (χ3n) is 2.54. The summed E-state index contributed by atoms with van der Waals surface area (Å²) in [6.45, 7) is 1.72. The number of hydrogen-bond acceptors (Lipinski definition) is 2. The standard InChI is InChI=1S/C14H11Br3O2/c1-8(18)11-4-2-10(16)7-14(11)19-13-5-3-9(15)6-12(13)17/h2-8,18H,1H3. The van der Waals surface area contributed by atoms with E-state index in [1.165, 1.54) is 0 Å². The summed E-state index contributed by atoms with van der Waals surface area (Å²) in [5, 5.41) is 9.77. The van der Waals surface area contributed by atoms with Gasteiger partial charge in [0.25, 0.3) is 0 Å². The lowest BCUT2D eigenvalue weighted by Crippen LogP contribution is -1.96. The molecule has 0 fully saturated rings. The van der Waals surface area contributed by atoms with Crippen molar-refractivity contribution >= 4 is 47.8 Å². The molecule has 1 atom stereocenters. The predicted octanol–water partition coefficient (Wildman–Crippen LogP) is 5.82. The highest BCUT2D eigenvalue weighted by Crippen LogP contribution is 2.36. The van der Waals surface area contributed by atoms with Crippen molar-refractivity contribution in [3.05, 3.63) is 55.4 Å². The van der Waals surface area contributed by atoms with Crippen LogP contribution < -0.4 is 4.74 Å². The molecule has 1 unspecified atom stereocenters. The highest BCUT2D eigenvalue weighted by molar-refractivity contribution is 9.11. The fourth-order valence-electron chi connectivity index (χ4n) is 1.62. The van der Waals surface area contributed by atoms with Crippen LogP contribution in [0.1, 0.15) is 18.6 Å². The second-order valence-electron chi connectivity index (χ2n) is 4.03. The quantitative estimate of drug-likeness (QED) is 0.638. The lowest BCUT2D eigenvalue weighted by atomic mass is 10.1. The Morgan fingerprint density at radius 2 is 1.58 bits per heavy atom. The first-order valence-electron chi connectivity index (χ1n) is 5.58. The molecular formula is C14H11Br3O2. The van der Waals surface area contributed by atoms with Gasteiger partial charge in [-0.05, 0) is 53.2 Å². The van der Waals surface area contributed by atoms with Gasteiger partial charge in [-0.2, -0.15) is 0 Å². The Labute approximate surface area is 137 Å². The first-order valence-corrected chi connectivity index (χ1v) is 7.95. The van der Waals surface area contributed by atoms with Gasteiger partial charge in [0, 0.05) is 14.5 Å². The minimum absolute atomic E-state index is 0.586. The van der Waals surface area contributed by atoms with Crippen LogP contribution in [0.3, 0.4) is 0 Å². The Bertz CT molecular complexity index is 597. The molecule has 2 aromatic carbocycles. The molecule has 0 radical (unpaired) electrons. The minimum atomic E-state index is -0.586. The highest BCUT2D eigenvalue weighted by atomic mass is 79.9. The number of aliphatic hydroxyl groups is 1. The van der Waals surface area contributed by atoms with Crippen LogP contribution >= 0.6 is 47.8 Å². The summed E-state index contributed by atoms with van der Waals surface area (Å²) in [4.78, 5) is 0. The van der Waals surface area contributed by atoms with E-state index in [2.05, 4.69) is 47.8 Å². The van der Waals surface area contributed by atoms with Crippen molar-refractivity contribution in [3.63, 3.8) is 0 Å². The second-order valence-corrected chi connectivity index (χ2v) is 6.72. The maximum absolute atomic E-state index is 9.77. The van der Waals surface area contributed by atoms with E-state index in [0.29, 0.717) is 11.5 Å². The summed E-state index contributed by atoms with van der Waals surface area (Å²) in [5.41, 5.74) is 0.748. The van der Waals surface area contributed by atoms with E-state index in [1.54, 1.807) is 6.92 Å². The van der Waals surface area contributed by atoms with Crippen molar-refractivity contribution in [1.82, 2.24) is 0 Å². The molecule has 2 aromatic rings. The van der Waals surface area contributed by atoms with Crippen molar-refractivity contribution in [2.24, 2.45) is 0 Å². The fraction of sp³-hybridized carbons (Fsp3) is 0.143. The molecule has 0 saturated carbocycles. The van der Waals surface area contributed by atoms with E-state index in [0.717, 1.165) is 19.0 Å². The van der Waals surface area contributed by atoms with Crippen molar-refractivity contribution in [1.29, 1.82) is 0 Å². The zero-order chi connectivity index (χ0) is 14.0. The molecule has 0 bridgehead atoms. The number of halogens is 3. The summed E-state index contributed by atoms with van der Waals surface area (Å²) in [6.07, 6.45) is -0.586. The maximum atomic E-state index is 9.77. The molecule has 1 N–H and O–H groups in total. The molecule has 0 heterocycles. The molecule has 0 aliphatic rings. The van der Waals surface area contributed by atoms with Gasteiger partial charge in [-0.3, -0.25) is 0 Å². The predicted molar refractivity (Wildman–Crippen MR) is 86.7 cm³/mol. The lowest BCUT2D eigenvalue weighted by Gasteiger charge is -2.14. The maximum Gasteiger partial charge on any atom is 0.141 e. The third kappa shape index (κ3) is 3.81. The molecule has 0 spiro atoms. The van der Waals surface area contributed by atoms with Gasteiger partial charge >= 0.3 is 0 Å². The topological polar surface area (TPSA) is 29.5 Å². The second kappa shape index (κ2) is 6.39. The molecule has 2 nitrogen and oxygen atoms in total. The Kier molecular flexibility index (Phi) is 5.06. The van der Waals surface area contributed by atoms with E-state index in [4.69, 9.17) is 4.74 Å². The smallest absolute Gasteiger partial charge is 0.141 e. The van der Waals surface area contributed by atoms with E-state index in [9.17, 15) is 5.11 Å². The number of rotatable bonds is 3. The Hall–Kier alpha value is -0.360. The van der Waals surface area contributed by atoms with Crippen LogP contribution in [-0.4, -0.2) is 5.11 Å².